The topological polar surface area (TPSA) is 24.9 Å². The molecular formula is C11H13ClN2S2. The summed E-state index contributed by atoms with van der Waals surface area (Å²) in [4.78, 5) is 6.91. The lowest BCUT2D eigenvalue weighted by Crippen LogP contribution is -1.95. The van der Waals surface area contributed by atoms with Gasteiger partial charge in [-0.05, 0) is 18.6 Å². The minimum atomic E-state index is 0.802. The summed E-state index contributed by atoms with van der Waals surface area (Å²) in [7, 11) is 0. The van der Waals surface area contributed by atoms with Crippen LogP contribution in [0.2, 0.25) is 4.34 Å². The number of nitrogens with zero attached hydrogens (tertiary/aromatic N) is 1. The minimum Gasteiger partial charge on any atom is -0.357 e. The van der Waals surface area contributed by atoms with E-state index in [-0.39, 0.29) is 0 Å². The maximum absolute atomic E-state index is 5.87. The Morgan fingerprint density at radius 3 is 2.88 bits per heavy atom. The number of halogens is 1. The van der Waals surface area contributed by atoms with Gasteiger partial charge in [-0.1, -0.05) is 24.9 Å². The van der Waals surface area contributed by atoms with Crippen LogP contribution in [0.3, 0.4) is 0 Å². The highest BCUT2D eigenvalue weighted by Gasteiger charge is 2.02. The van der Waals surface area contributed by atoms with Crippen LogP contribution in [0.15, 0.2) is 18.3 Å². The van der Waals surface area contributed by atoms with E-state index in [2.05, 4.69) is 17.2 Å². The van der Waals surface area contributed by atoms with Gasteiger partial charge < -0.3 is 5.32 Å². The molecule has 2 rings (SSSR count). The molecule has 0 radical (unpaired) electrons. The van der Waals surface area contributed by atoms with E-state index in [4.69, 9.17) is 11.6 Å². The molecule has 2 nitrogen and oxygen atoms in total. The highest BCUT2D eigenvalue weighted by atomic mass is 35.5. The van der Waals surface area contributed by atoms with Crippen LogP contribution >= 0.6 is 34.3 Å². The average molecular weight is 273 g/mol. The molecule has 0 aromatic carbocycles. The van der Waals surface area contributed by atoms with Crippen molar-refractivity contribution in [2.24, 2.45) is 0 Å². The number of nitrogens with one attached hydrogen (secondary N) is 1. The number of hydrogen-bond donors (Lipinski definition) is 1. The van der Waals surface area contributed by atoms with Crippen molar-refractivity contribution in [1.29, 1.82) is 0 Å². The van der Waals surface area contributed by atoms with E-state index in [0.717, 1.165) is 22.4 Å². The summed E-state index contributed by atoms with van der Waals surface area (Å²) in [5.41, 5.74) is 0. The second-order valence-corrected chi connectivity index (χ2v) is 6.36. The molecule has 1 N–H and O–H groups in total. The van der Waals surface area contributed by atoms with Crippen LogP contribution in [-0.2, 0) is 13.0 Å². The van der Waals surface area contributed by atoms with Crippen LogP contribution in [0, 0.1) is 0 Å². The van der Waals surface area contributed by atoms with Crippen molar-refractivity contribution in [3.63, 3.8) is 0 Å². The molecule has 5 heteroatoms. The standard InChI is InChI=1S/C11H13ClN2S2/c1-2-3-8-6-13-11(16-8)14-7-9-4-5-10(12)15-9/h4-6H,2-3,7H2,1H3,(H,13,14). The van der Waals surface area contributed by atoms with Crippen molar-refractivity contribution in [3.8, 4) is 0 Å². The Morgan fingerprint density at radius 1 is 1.31 bits per heavy atom. The molecular weight excluding hydrogens is 260 g/mol. The Labute approximate surface area is 108 Å². The Balaban J connectivity index is 1.89. The number of aromatic nitrogens is 1. The van der Waals surface area contributed by atoms with Crippen molar-refractivity contribution in [1.82, 2.24) is 4.98 Å². The zero-order valence-electron chi connectivity index (χ0n) is 9.00. The summed E-state index contributed by atoms with van der Waals surface area (Å²) >= 11 is 9.20. The molecule has 2 heterocycles. The summed E-state index contributed by atoms with van der Waals surface area (Å²) in [6, 6.07) is 3.97. The van der Waals surface area contributed by atoms with Gasteiger partial charge in [0.15, 0.2) is 5.13 Å². The molecule has 0 aliphatic heterocycles. The summed E-state index contributed by atoms with van der Waals surface area (Å²) in [6.07, 6.45) is 4.24. The molecule has 0 bridgehead atoms. The summed E-state index contributed by atoms with van der Waals surface area (Å²) in [5, 5.41) is 4.31. The fourth-order valence-electron chi connectivity index (χ4n) is 1.36. The molecule has 0 fully saturated rings. The predicted octanol–water partition coefficient (Wildman–Crippen LogP) is 4.42. The first kappa shape index (κ1) is 11.9. The van der Waals surface area contributed by atoms with Crippen molar-refractivity contribution in [3.05, 3.63) is 32.4 Å². The zero-order chi connectivity index (χ0) is 11.4. The van der Waals surface area contributed by atoms with Gasteiger partial charge in [0.1, 0.15) is 0 Å². The molecule has 86 valence electrons. The minimum absolute atomic E-state index is 0.802. The van der Waals surface area contributed by atoms with Gasteiger partial charge in [0.25, 0.3) is 0 Å². The lowest BCUT2D eigenvalue weighted by atomic mass is 10.3. The number of aryl methyl sites for hydroxylation is 1. The first-order valence-corrected chi connectivity index (χ1v) is 7.22. The second-order valence-electron chi connectivity index (χ2n) is 3.44. The Morgan fingerprint density at radius 2 is 2.19 bits per heavy atom. The van der Waals surface area contributed by atoms with E-state index in [0.29, 0.717) is 0 Å². The van der Waals surface area contributed by atoms with Crippen molar-refractivity contribution in [2.75, 3.05) is 5.32 Å². The van der Waals surface area contributed by atoms with Crippen LogP contribution in [0.5, 0.6) is 0 Å². The number of rotatable bonds is 5. The average Bonchev–Trinajstić information content (AvgIpc) is 2.85. The van der Waals surface area contributed by atoms with Gasteiger partial charge in [-0.15, -0.1) is 22.7 Å². The molecule has 2 aromatic rings. The van der Waals surface area contributed by atoms with E-state index in [1.807, 2.05) is 18.3 Å². The van der Waals surface area contributed by atoms with Crippen LogP contribution < -0.4 is 5.32 Å². The molecule has 0 atom stereocenters. The molecule has 0 unspecified atom stereocenters. The maximum Gasteiger partial charge on any atom is 0.183 e. The van der Waals surface area contributed by atoms with E-state index >= 15 is 0 Å². The number of anilines is 1. The Bertz CT molecular complexity index is 450. The molecule has 0 saturated carbocycles. The van der Waals surface area contributed by atoms with Gasteiger partial charge in [-0.2, -0.15) is 0 Å². The Hall–Kier alpha value is -0.580. The van der Waals surface area contributed by atoms with Crippen LogP contribution in [-0.4, -0.2) is 4.98 Å². The van der Waals surface area contributed by atoms with Crippen LogP contribution in [0.25, 0.3) is 0 Å². The molecule has 0 saturated heterocycles. The smallest absolute Gasteiger partial charge is 0.183 e. The molecule has 0 aliphatic rings. The van der Waals surface area contributed by atoms with E-state index in [1.165, 1.54) is 16.2 Å². The quantitative estimate of drug-likeness (QED) is 0.871. The number of thiophene rings is 1. The molecule has 16 heavy (non-hydrogen) atoms. The van der Waals surface area contributed by atoms with Gasteiger partial charge >= 0.3 is 0 Å². The van der Waals surface area contributed by atoms with Crippen molar-refractivity contribution in [2.45, 2.75) is 26.3 Å². The van der Waals surface area contributed by atoms with Gasteiger partial charge in [0.05, 0.1) is 10.9 Å². The lowest BCUT2D eigenvalue weighted by molar-refractivity contribution is 0.936. The summed E-state index contributed by atoms with van der Waals surface area (Å²) < 4.78 is 0.836. The fourth-order valence-corrected chi connectivity index (χ4v) is 3.30. The monoisotopic (exact) mass is 272 g/mol. The third-order valence-electron chi connectivity index (χ3n) is 2.09. The normalized spacial score (nSPS) is 10.6. The first-order chi connectivity index (χ1) is 7.78. The second kappa shape index (κ2) is 5.66. The van der Waals surface area contributed by atoms with Crippen molar-refractivity contribution >= 4 is 39.4 Å². The lowest BCUT2D eigenvalue weighted by Gasteiger charge is -1.98. The van der Waals surface area contributed by atoms with Crippen molar-refractivity contribution < 1.29 is 0 Å². The van der Waals surface area contributed by atoms with E-state index in [9.17, 15) is 0 Å². The largest absolute Gasteiger partial charge is 0.357 e. The molecule has 2 aromatic heterocycles. The predicted molar refractivity (Wildman–Crippen MR) is 72.8 cm³/mol. The Kier molecular flexibility index (Phi) is 4.21. The van der Waals surface area contributed by atoms with E-state index < -0.39 is 0 Å². The maximum atomic E-state index is 5.87. The third kappa shape index (κ3) is 3.20. The van der Waals surface area contributed by atoms with Crippen LogP contribution in [0.1, 0.15) is 23.1 Å². The molecule has 0 spiro atoms. The molecule has 0 aliphatic carbocycles. The fraction of sp³-hybridized carbons (Fsp3) is 0.364. The highest BCUT2D eigenvalue weighted by molar-refractivity contribution is 7.16. The first-order valence-electron chi connectivity index (χ1n) is 5.20. The summed E-state index contributed by atoms with van der Waals surface area (Å²) in [6.45, 7) is 2.98. The van der Waals surface area contributed by atoms with Crippen LogP contribution in [0.4, 0.5) is 5.13 Å². The van der Waals surface area contributed by atoms with E-state index in [1.54, 1.807) is 22.7 Å². The third-order valence-corrected chi connectivity index (χ3v) is 4.34. The number of hydrogen-bond acceptors (Lipinski definition) is 4. The van der Waals surface area contributed by atoms with Gasteiger partial charge in [0, 0.05) is 16.0 Å². The summed E-state index contributed by atoms with van der Waals surface area (Å²) in [5.74, 6) is 0. The van der Waals surface area contributed by atoms with Gasteiger partial charge in [-0.25, -0.2) is 4.98 Å². The molecule has 0 amide bonds. The van der Waals surface area contributed by atoms with Gasteiger partial charge in [0.2, 0.25) is 0 Å². The van der Waals surface area contributed by atoms with Gasteiger partial charge in [-0.3, -0.25) is 0 Å². The zero-order valence-corrected chi connectivity index (χ0v) is 11.4. The number of thiazole rings is 1. The highest BCUT2D eigenvalue weighted by Crippen LogP contribution is 2.24. The SMILES string of the molecule is CCCc1cnc(NCc2ccc(Cl)s2)s1.